The Morgan fingerprint density at radius 1 is 1.03 bits per heavy atom. The van der Waals surface area contributed by atoms with Gasteiger partial charge in [0.2, 0.25) is 5.91 Å². The molecule has 0 atom stereocenters. The fourth-order valence-electron chi connectivity index (χ4n) is 4.90. The smallest absolute Gasteiger partial charge is 0.276 e. The van der Waals surface area contributed by atoms with E-state index in [1.54, 1.807) is 11.8 Å². The molecule has 39 heavy (non-hydrogen) atoms. The molecule has 0 fully saturated rings. The van der Waals surface area contributed by atoms with Crippen molar-refractivity contribution in [2.24, 2.45) is 0 Å². The molecule has 0 unspecified atom stereocenters. The monoisotopic (exact) mass is 539 g/mol. The average molecular weight is 540 g/mol. The van der Waals surface area contributed by atoms with Crippen molar-refractivity contribution in [3.05, 3.63) is 82.2 Å². The lowest BCUT2D eigenvalue weighted by Crippen LogP contribution is -2.39. The van der Waals surface area contributed by atoms with Gasteiger partial charge in [-0.2, -0.15) is 0 Å². The van der Waals surface area contributed by atoms with Gasteiger partial charge in [0.15, 0.2) is 17.3 Å². The third kappa shape index (κ3) is 6.88. The first-order chi connectivity index (χ1) is 18.6. The van der Waals surface area contributed by atoms with Gasteiger partial charge in [-0.25, -0.2) is 8.78 Å². The Labute approximate surface area is 227 Å². The Kier molecular flexibility index (Phi) is 9.08. The molecule has 208 valence electrons. The summed E-state index contributed by atoms with van der Waals surface area (Å²) in [5.74, 6) is -2.18. The van der Waals surface area contributed by atoms with Crippen LogP contribution in [0.5, 0.6) is 0 Å². The molecule has 8 nitrogen and oxygen atoms in total. The van der Waals surface area contributed by atoms with E-state index in [9.17, 15) is 18.4 Å². The van der Waals surface area contributed by atoms with Crippen LogP contribution in [0.15, 0.2) is 47.0 Å². The van der Waals surface area contributed by atoms with Gasteiger partial charge in [-0.1, -0.05) is 35.5 Å². The van der Waals surface area contributed by atoms with Crippen molar-refractivity contribution >= 4 is 17.5 Å². The van der Waals surface area contributed by atoms with Crippen LogP contribution in [0.1, 0.15) is 46.3 Å². The minimum absolute atomic E-state index is 0.0262. The minimum Gasteiger partial charge on any atom is -0.361 e. The SMILES string of the molecule is CC(=O)N1CCCN(Cc2ccccc2)CCN(C(=O)c2noc(C)c2CN(C)C)Cc2cc(F)c(F)cc21. The molecule has 4 rings (SSSR count). The molecule has 1 aliphatic heterocycles. The normalized spacial score (nSPS) is 15.3. The van der Waals surface area contributed by atoms with Crippen molar-refractivity contribution in [2.45, 2.75) is 39.9 Å². The number of carbonyl (C=O) groups is 2. The van der Waals surface area contributed by atoms with Crippen molar-refractivity contribution in [1.82, 2.24) is 19.9 Å². The number of benzene rings is 2. The average Bonchev–Trinajstić information content (AvgIpc) is 3.23. The zero-order chi connectivity index (χ0) is 28.1. The highest BCUT2D eigenvalue weighted by atomic mass is 19.2. The first kappa shape index (κ1) is 28.4. The van der Waals surface area contributed by atoms with Gasteiger partial charge < -0.3 is 19.2 Å². The second-order valence-electron chi connectivity index (χ2n) is 10.2. The Morgan fingerprint density at radius 2 is 1.74 bits per heavy atom. The van der Waals surface area contributed by atoms with Crippen molar-refractivity contribution in [2.75, 3.05) is 45.2 Å². The molecule has 0 radical (unpaired) electrons. The van der Waals surface area contributed by atoms with Gasteiger partial charge >= 0.3 is 0 Å². The summed E-state index contributed by atoms with van der Waals surface area (Å²) in [4.78, 5) is 33.8. The number of amides is 2. The molecule has 10 heteroatoms. The first-order valence-corrected chi connectivity index (χ1v) is 13.1. The van der Waals surface area contributed by atoms with Gasteiger partial charge in [-0.15, -0.1) is 0 Å². The molecular formula is C29H35F2N5O3. The van der Waals surface area contributed by atoms with E-state index in [1.807, 2.05) is 49.3 Å². The van der Waals surface area contributed by atoms with E-state index in [2.05, 4.69) is 10.1 Å². The topological polar surface area (TPSA) is 73.1 Å². The van der Waals surface area contributed by atoms with E-state index in [1.165, 1.54) is 11.8 Å². The highest BCUT2D eigenvalue weighted by Gasteiger charge is 2.28. The molecule has 0 aliphatic carbocycles. The second-order valence-corrected chi connectivity index (χ2v) is 10.2. The van der Waals surface area contributed by atoms with Gasteiger partial charge in [0.25, 0.3) is 5.91 Å². The Balaban J connectivity index is 1.74. The Hall–Kier alpha value is -3.63. The molecule has 0 saturated heterocycles. The first-order valence-electron chi connectivity index (χ1n) is 13.1. The minimum atomic E-state index is -1.04. The van der Waals surface area contributed by atoms with E-state index in [-0.39, 0.29) is 29.7 Å². The molecule has 2 heterocycles. The van der Waals surface area contributed by atoms with Crippen LogP contribution in [0.2, 0.25) is 0 Å². The largest absolute Gasteiger partial charge is 0.361 e. The molecule has 0 saturated carbocycles. The number of aromatic nitrogens is 1. The molecular weight excluding hydrogens is 504 g/mol. The van der Waals surface area contributed by atoms with Crippen LogP contribution < -0.4 is 4.90 Å². The maximum Gasteiger partial charge on any atom is 0.276 e. The van der Waals surface area contributed by atoms with Gasteiger partial charge in [0, 0.05) is 64.4 Å². The predicted molar refractivity (Wildman–Crippen MR) is 144 cm³/mol. The molecule has 2 aromatic carbocycles. The summed E-state index contributed by atoms with van der Waals surface area (Å²) in [6, 6.07) is 12.1. The molecule has 3 aromatic rings. The van der Waals surface area contributed by atoms with Crippen LogP contribution in [0.3, 0.4) is 0 Å². The van der Waals surface area contributed by atoms with E-state index in [0.717, 1.165) is 17.7 Å². The molecule has 2 amide bonds. The van der Waals surface area contributed by atoms with Gasteiger partial charge in [0.05, 0.1) is 5.69 Å². The highest BCUT2D eigenvalue weighted by molar-refractivity contribution is 5.95. The lowest BCUT2D eigenvalue weighted by Gasteiger charge is -2.28. The maximum absolute atomic E-state index is 14.5. The van der Waals surface area contributed by atoms with Crippen molar-refractivity contribution in [3.63, 3.8) is 0 Å². The second kappa shape index (κ2) is 12.5. The molecule has 0 N–H and O–H groups in total. The molecule has 0 bridgehead atoms. The molecule has 0 spiro atoms. The summed E-state index contributed by atoms with van der Waals surface area (Å²) in [5.41, 5.74) is 2.61. The number of nitrogens with zero attached hydrogens (tertiary/aromatic N) is 5. The standard InChI is InChI=1S/C29H35F2N5O3/c1-20-24(19-33(3)4)28(32-39-20)29(38)35-14-13-34(17-22-9-6-5-7-10-22)11-8-12-36(21(2)37)27-16-26(31)25(30)15-23(27)18-35/h5-7,9-10,15-16H,8,11-14,17-19H2,1-4H3. The number of anilines is 1. The Bertz CT molecular complexity index is 1310. The number of halogens is 2. The van der Waals surface area contributed by atoms with Crippen molar-refractivity contribution in [1.29, 1.82) is 0 Å². The van der Waals surface area contributed by atoms with Gasteiger partial charge in [-0.05, 0) is 44.6 Å². The number of fused-ring (bicyclic) bond motifs is 1. The fourth-order valence-corrected chi connectivity index (χ4v) is 4.90. The molecule has 1 aliphatic rings. The number of hydrogen-bond acceptors (Lipinski definition) is 6. The van der Waals surface area contributed by atoms with E-state index >= 15 is 0 Å². The number of hydrogen-bond donors (Lipinski definition) is 0. The van der Waals surface area contributed by atoms with Crippen molar-refractivity contribution < 1.29 is 22.9 Å². The number of rotatable bonds is 5. The lowest BCUT2D eigenvalue weighted by atomic mass is 10.1. The van der Waals surface area contributed by atoms with Crippen LogP contribution in [-0.4, -0.2) is 71.9 Å². The summed E-state index contributed by atoms with van der Waals surface area (Å²) < 4.78 is 34.3. The van der Waals surface area contributed by atoms with Crippen LogP contribution in [0, 0.1) is 18.6 Å². The third-order valence-electron chi connectivity index (χ3n) is 6.89. The van der Waals surface area contributed by atoms with Crippen LogP contribution in [0.4, 0.5) is 14.5 Å². The van der Waals surface area contributed by atoms with E-state index in [0.29, 0.717) is 62.6 Å². The van der Waals surface area contributed by atoms with Crippen LogP contribution in [-0.2, 0) is 24.4 Å². The Morgan fingerprint density at radius 3 is 2.44 bits per heavy atom. The predicted octanol–water partition coefficient (Wildman–Crippen LogP) is 4.22. The maximum atomic E-state index is 14.5. The number of aryl methyl sites for hydroxylation is 1. The summed E-state index contributed by atoms with van der Waals surface area (Å²) in [6.45, 7) is 6.10. The van der Waals surface area contributed by atoms with Crippen molar-refractivity contribution in [3.8, 4) is 0 Å². The zero-order valence-corrected chi connectivity index (χ0v) is 22.9. The lowest BCUT2D eigenvalue weighted by molar-refractivity contribution is -0.116. The molecule has 1 aromatic heterocycles. The van der Waals surface area contributed by atoms with Gasteiger partial charge in [0.1, 0.15) is 5.76 Å². The zero-order valence-electron chi connectivity index (χ0n) is 22.9. The van der Waals surface area contributed by atoms with E-state index in [4.69, 9.17) is 4.52 Å². The highest BCUT2D eigenvalue weighted by Crippen LogP contribution is 2.28. The number of carbonyl (C=O) groups excluding carboxylic acids is 2. The van der Waals surface area contributed by atoms with Gasteiger partial charge in [-0.3, -0.25) is 14.5 Å². The third-order valence-corrected chi connectivity index (χ3v) is 6.89. The summed E-state index contributed by atoms with van der Waals surface area (Å²) in [7, 11) is 3.78. The summed E-state index contributed by atoms with van der Waals surface area (Å²) >= 11 is 0. The van der Waals surface area contributed by atoms with E-state index < -0.39 is 11.6 Å². The quantitative estimate of drug-likeness (QED) is 0.484. The van der Waals surface area contributed by atoms with Crippen LogP contribution in [0.25, 0.3) is 0 Å². The summed E-state index contributed by atoms with van der Waals surface area (Å²) in [6.07, 6.45) is 0.619. The fraction of sp³-hybridized carbons (Fsp3) is 0.414. The van der Waals surface area contributed by atoms with Crippen LogP contribution >= 0.6 is 0 Å². The summed E-state index contributed by atoms with van der Waals surface area (Å²) in [5, 5.41) is 4.07.